The minimum Gasteiger partial charge on any atom is -0.0897 e. The Morgan fingerprint density at radius 1 is 0.600 bits per heavy atom. The molecule has 0 saturated heterocycles. The molecule has 0 aliphatic carbocycles. The van der Waals surface area contributed by atoms with Gasteiger partial charge in [0, 0.05) is 37.5 Å². The summed E-state index contributed by atoms with van der Waals surface area (Å²) in [6.45, 7) is 2.19. The van der Waals surface area contributed by atoms with Crippen LogP contribution in [0.25, 0.3) is 0 Å². The highest BCUT2D eigenvalue weighted by Crippen LogP contribution is 2.40. The second-order valence-corrected chi connectivity index (χ2v) is 11.2. The Labute approximate surface area is 190 Å². The zero-order valence-electron chi connectivity index (χ0n) is 13.0. The molecule has 25 heavy (non-hydrogen) atoms. The summed E-state index contributed by atoms with van der Waals surface area (Å²) in [7, 11) is 0. The van der Waals surface area contributed by atoms with Gasteiger partial charge in [-0.3, -0.25) is 0 Å². The molecule has 0 saturated carbocycles. The SMILES string of the molecule is Cc1c(Sc2cc(Br)cc(Br)c2)cccc1Sc1cc(Br)cc(Br)c1. The maximum Gasteiger partial charge on any atom is 0.0197 e. The van der Waals surface area contributed by atoms with Crippen LogP contribution in [0.1, 0.15) is 5.56 Å². The standard InChI is InChI=1S/C19H12Br4S2/c1-11-18(24-16-7-12(20)5-13(21)8-16)3-2-4-19(11)25-17-9-14(22)6-15(23)10-17/h2-10H,1H3. The molecule has 0 heterocycles. The van der Waals surface area contributed by atoms with Crippen molar-refractivity contribution in [2.45, 2.75) is 26.5 Å². The second kappa shape index (κ2) is 8.98. The molecule has 0 N–H and O–H groups in total. The summed E-state index contributed by atoms with van der Waals surface area (Å²) < 4.78 is 4.30. The highest BCUT2D eigenvalue weighted by molar-refractivity contribution is 9.11. The summed E-state index contributed by atoms with van der Waals surface area (Å²) in [6.07, 6.45) is 0. The number of benzene rings is 3. The third-order valence-corrected chi connectivity index (χ3v) is 7.46. The molecule has 0 spiro atoms. The molecule has 0 atom stereocenters. The molecule has 0 fully saturated rings. The molecule has 6 heteroatoms. The van der Waals surface area contributed by atoms with Crippen molar-refractivity contribution in [2.75, 3.05) is 0 Å². The first-order valence-electron chi connectivity index (χ1n) is 7.28. The predicted octanol–water partition coefficient (Wildman–Crippen LogP) is 9.35. The number of halogens is 4. The van der Waals surface area contributed by atoms with Crippen LogP contribution in [0, 0.1) is 6.92 Å². The molecule has 0 aliphatic rings. The summed E-state index contributed by atoms with van der Waals surface area (Å²) in [5.41, 5.74) is 1.30. The highest BCUT2D eigenvalue weighted by atomic mass is 79.9. The van der Waals surface area contributed by atoms with Gasteiger partial charge in [-0.15, -0.1) is 0 Å². The lowest BCUT2D eigenvalue weighted by atomic mass is 10.2. The fourth-order valence-corrected chi connectivity index (χ4v) is 7.57. The lowest BCUT2D eigenvalue weighted by Crippen LogP contribution is -1.85. The monoisotopic (exact) mass is 620 g/mol. The quantitative estimate of drug-likeness (QED) is 0.284. The van der Waals surface area contributed by atoms with Gasteiger partial charge in [-0.05, 0) is 61.0 Å². The fraction of sp³-hybridized carbons (Fsp3) is 0.0526. The normalized spacial score (nSPS) is 10.9. The van der Waals surface area contributed by atoms with Gasteiger partial charge in [-0.2, -0.15) is 0 Å². The van der Waals surface area contributed by atoms with E-state index in [2.05, 4.69) is 113 Å². The lowest BCUT2D eigenvalue weighted by molar-refractivity contribution is 1.18. The Kier molecular flexibility index (Phi) is 7.19. The topological polar surface area (TPSA) is 0 Å². The molecule has 0 amide bonds. The number of hydrogen-bond donors (Lipinski definition) is 0. The molecular weight excluding hydrogens is 612 g/mol. The molecule has 3 rings (SSSR count). The van der Waals surface area contributed by atoms with Crippen molar-refractivity contribution in [1.29, 1.82) is 0 Å². The van der Waals surface area contributed by atoms with E-state index >= 15 is 0 Å². The van der Waals surface area contributed by atoms with Gasteiger partial charge in [0.15, 0.2) is 0 Å². The van der Waals surface area contributed by atoms with Crippen molar-refractivity contribution in [3.05, 3.63) is 78.1 Å². The van der Waals surface area contributed by atoms with E-state index in [1.807, 2.05) is 12.1 Å². The Hall–Kier alpha value is 0.280. The van der Waals surface area contributed by atoms with E-state index in [0.717, 1.165) is 17.9 Å². The Morgan fingerprint density at radius 3 is 1.32 bits per heavy atom. The van der Waals surface area contributed by atoms with E-state index in [1.54, 1.807) is 23.5 Å². The van der Waals surface area contributed by atoms with Crippen molar-refractivity contribution in [3.8, 4) is 0 Å². The lowest BCUT2D eigenvalue weighted by Gasteiger charge is -2.12. The summed E-state index contributed by atoms with van der Waals surface area (Å²) >= 11 is 17.8. The number of hydrogen-bond acceptors (Lipinski definition) is 2. The smallest absolute Gasteiger partial charge is 0.0197 e. The van der Waals surface area contributed by atoms with Crippen molar-refractivity contribution >= 4 is 87.2 Å². The molecule has 0 bridgehead atoms. The highest BCUT2D eigenvalue weighted by Gasteiger charge is 2.09. The van der Waals surface area contributed by atoms with Crippen LogP contribution in [0.3, 0.4) is 0 Å². The van der Waals surface area contributed by atoms with E-state index in [9.17, 15) is 0 Å². The molecule has 3 aromatic rings. The van der Waals surface area contributed by atoms with Crippen LogP contribution in [0.15, 0.2) is 92.1 Å². The van der Waals surface area contributed by atoms with Crippen molar-refractivity contribution in [2.24, 2.45) is 0 Å². The Morgan fingerprint density at radius 2 is 0.960 bits per heavy atom. The molecule has 0 aromatic heterocycles. The Balaban J connectivity index is 1.89. The largest absolute Gasteiger partial charge is 0.0897 e. The van der Waals surface area contributed by atoms with Crippen LogP contribution in [0.5, 0.6) is 0 Å². The fourth-order valence-electron chi connectivity index (χ4n) is 2.24. The van der Waals surface area contributed by atoms with Crippen LogP contribution in [0.4, 0.5) is 0 Å². The van der Waals surface area contributed by atoms with Gasteiger partial charge in [0.2, 0.25) is 0 Å². The van der Waals surface area contributed by atoms with Crippen LogP contribution >= 0.6 is 87.2 Å². The first-order valence-corrected chi connectivity index (χ1v) is 12.1. The van der Waals surface area contributed by atoms with Crippen LogP contribution in [-0.2, 0) is 0 Å². The summed E-state index contributed by atoms with van der Waals surface area (Å²) in [4.78, 5) is 4.95. The van der Waals surface area contributed by atoms with Gasteiger partial charge < -0.3 is 0 Å². The average Bonchev–Trinajstić information content (AvgIpc) is 2.49. The zero-order chi connectivity index (χ0) is 18.0. The number of rotatable bonds is 4. The van der Waals surface area contributed by atoms with Crippen molar-refractivity contribution in [3.63, 3.8) is 0 Å². The van der Waals surface area contributed by atoms with E-state index < -0.39 is 0 Å². The zero-order valence-corrected chi connectivity index (χ0v) is 21.0. The van der Waals surface area contributed by atoms with Gasteiger partial charge in [-0.25, -0.2) is 0 Å². The van der Waals surface area contributed by atoms with Crippen molar-refractivity contribution in [1.82, 2.24) is 0 Å². The molecule has 128 valence electrons. The summed E-state index contributed by atoms with van der Waals surface area (Å²) in [5.74, 6) is 0. The summed E-state index contributed by atoms with van der Waals surface area (Å²) in [5, 5.41) is 0. The molecule has 0 nitrogen and oxygen atoms in total. The molecule has 3 aromatic carbocycles. The Bertz CT molecular complexity index is 813. The minimum atomic E-state index is 1.08. The van der Waals surface area contributed by atoms with E-state index in [1.165, 1.54) is 25.1 Å². The maximum absolute atomic E-state index is 3.56. The third-order valence-electron chi connectivity index (χ3n) is 3.36. The predicted molar refractivity (Wildman–Crippen MR) is 123 cm³/mol. The first-order chi connectivity index (χ1) is 11.9. The van der Waals surface area contributed by atoms with Gasteiger partial charge >= 0.3 is 0 Å². The molecule has 0 aliphatic heterocycles. The van der Waals surface area contributed by atoms with E-state index in [0.29, 0.717) is 0 Å². The summed E-state index contributed by atoms with van der Waals surface area (Å²) in [6, 6.07) is 19.1. The minimum absolute atomic E-state index is 1.08. The average molecular weight is 624 g/mol. The molecule has 0 radical (unpaired) electrons. The molecule has 0 unspecified atom stereocenters. The third kappa shape index (κ3) is 5.63. The van der Waals surface area contributed by atoms with Crippen LogP contribution in [0.2, 0.25) is 0 Å². The van der Waals surface area contributed by atoms with Gasteiger partial charge in [0.25, 0.3) is 0 Å². The van der Waals surface area contributed by atoms with Gasteiger partial charge in [0.05, 0.1) is 0 Å². The maximum atomic E-state index is 3.56. The van der Waals surface area contributed by atoms with Gasteiger partial charge in [-0.1, -0.05) is 93.3 Å². The van der Waals surface area contributed by atoms with Crippen molar-refractivity contribution < 1.29 is 0 Å². The van der Waals surface area contributed by atoms with Gasteiger partial charge in [0.1, 0.15) is 0 Å². The van der Waals surface area contributed by atoms with E-state index in [-0.39, 0.29) is 0 Å². The first kappa shape index (κ1) is 20.0. The van der Waals surface area contributed by atoms with Crippen LogP contribution in [-0.4, -0.2) is 0 Å². The van der Waals surface area contributed by atoms with E-state index in [4.69, 9.17) is 0 Å². The second-order valence-electron chi connectivity index (χ2n) is 5.29. The van der Waals surface area contributed by atoms with Crippen LogP contribution < -0.4 is 0 Å². The molecular formula is C19H12Br4S2.